The minimum atomic E-state index is -3.54. The summed E-state index contributed by atoms with van der Waals surface area (Å²) in [6.07, 6.45) is 0.908. The number of nitrogens with one attached hydrogen (secondary N) is 1. The van der Waals surface area contributed by atoms with Crippen LogP contribution in [-0.4, -0.2) is 37.0 Å². The molecule has 17 heavy (non-hydrogen) atoms. The molecule has 1 aromatic heterocycles. The van der Waals surface area contributed by atoms with Gasteiger partial charge in [-0.1, -0.05) is 0 Å². The molecular weight excluding hydrogens is 246 g/mol. The third-order valence-electron chi connectivity index (χ3n) is 2.09. The topological polar surface area (TPSA) is 90.3 Å². The second kappa shape index (κ2) is 4.74. The van der Waals surface area contributed by atoms with Gasteiger partial charge in [-0.15, -0.1) is 0 Å². The van der Waals surface area contributed by atoms with E-state index in [9.17, 15) is 13.2 Å². The number of amides is 1. The lowest BCUT2D eigenvalue weighted by atomic mass is 10.3. The van der Waals surface area contributed by atoms with E-state index in [4.69, 9.17) is 4.74 Å². The maximum atomic E-state index is 11.2. The predicted molar refractivity (Wildman–Crippen MR) is 61.2 cm³/mol. The van der Waals surface area contributed by atoms with E-state index < -0.39 is 15.9 Å². The summed E-state index contributed by atoms with van der Waals surface area (Å²) in [5.41, 5.74) is 1.42. The molecule has 96 valence electrons. The highest BCUT2D eigenvalue weighted by Crippen LogP contribution is 2.20. The van der Waals surface area contributed by atoms with Gasteiger partial charge in [-0.05, 0) is 13.8 Å². The standard InChI is InChI=1S/C9H15N3O4S/c1-6-9(7(2)12(3)10-6)16-5-8(13)11-17(4,14)15/h5H2,1-4H3,(H,11,13). The maximum absolute atomic E-state index is 11.2. The summed E-state index contributed by atoms with van der Waals surface area (Å²) in [4.78, 5) is 11.2. The van der Waals surface area contributed by atoms with E-state index in [0.29, 0.717) is 11.4 Å². The summed E-state index contributed by atoms with van der Waals surface area (Å²) in [7, 11) is -1.79. The van der Waals surface area contributed by atoms with Gasteiger partial charge in [0.2, 0.25) is 10.0 Å². The van der Waals surface area contributed by atoms with Crippen molar-refractivity contribution in [2.45, 2.75) is 13.8 Å². The molecule has 0 aliphatic heterocycles. The summed E-state index contributed by atoms with van der Waals surface area (Å²) in [5.74, 6) is -0.216. The minimum Gasteiger partial charge on any atom is -0.480 e. The predicted octanol–water partition coefficient (Wildman–Crippen LogP) is -0.508. The van der Waals surface area contributed by atoms with E-state index in [0.717, 1.165) is 11.9 Å². The van der Waals surface area contributed by atoms with Crippen molar-refractivity contribution in [3.63, 3.8) is 0 Å². The number of sulfonamides is 1. The molecule has 1 amide bonds. The van der Waals surface area contributed by atoms with Crippen molar-refractivity contribution in [3.05, 3.63) is 11.4 Å². The zero-order valence-electron chi connectivity index (χ0n) is 10.1. The maximum Gasteiger partial charge on any atom is 0.271 e. The molecule has 0 aliphatic rings. The Morgan fingerprint density at radius 3 is 2.47 bits per heavy atom. The van der Waals surface area contributed by atoms with Gasteiger partial charge < -0.3 is 4.74 Å². The molecule has 0 saturated carbocycles. The van der Waals surface area contributed by atoms with Gasteiger partial charge in [0.1, 0.15) is 5.69 Å². The second-order valence-corrected chi connectivity index (χ2v) is 5.46. The summed E-state index contributed by atoms with van der Waals surface area (Å²) < 4.78 is 30.3. The van der Waals surface area contributed by atoms with E-state index in [1.165, 1.54) is 0 Å². The number of hydrogen-bond acceptors (Lipinski definition) is 5. The molecule has 0 radical (unpaired) electrons. The Morgan fingerprint density at radius 1 is 1.47 bits per heavy atom. The Balaban J connectivity index is 2.65. The lowest BCUT2D eigenvalue weighted by molar-refractivity contribution is -0.121. The molecule has 0 saturated heterocycles. The Kier molecular flexibility index (Phi) is 3.76. The van der Waals surface area contributed by atoms with Crippen LogP contribution < -0.4 is 9.46 Å². The number of ether oxygens (including phenoxy) is 1. The van der Waals surface area contributed by atoms with E-state index in [1.54, 1.807) is 25.6 Å². The quantitative estimate of drug-likeness (QED) is 0.788. The lowest BCUT2D eigenvalue weighted by Gasteiger charge is -2.06. The first-order valence-electron chi connectivity index (χ1n) is 4.84. The molecule has 0 fully saturated rings. The largest absolute Gasteiger partial charge is 0.480 e. The zero-order valence-corrected chi connectivity index (χ0v) is 11.0. The average Bonchev–Trinajstić information content (AvgIpc) is 2.36. The molecule has 0 unspecified atom stereocenters. The number of aromatic nitrogens is 2. The van der Waals surface area contributed by atoms with Crippen molar-refractivity contribution in [3.8, 4) is 5.75 Å². The van der Waals surface area contributed by atoms with E-state index in [2.05, 4.69) is 5.10 Å². The number of nitrogens with zero attached hydrogens (tertiary/aromatic N) is 2. The summed E-state index contributed by atoms with van der Waals surface area (Å²) in [6.45, 7) is 3.18. The van der Waals surface area contributed by atoms with Crippen molar-refractivity contribution >= 4 is 15.9 Å². The number of carbonyl (C=O) groups is 1. The summed E-state index contributed by atoms with van der Waals surface area (Å²) in [5, 5.41) is 4.10. The van der Waals surface area contributed by atoms with Crippen molar-refractivity contribution in [1.82, 2.24) is 14.5 Å². The fourth-order valence-corrected chi connectivity index (χ4v) is 1.81. The van der Waals surface area contributed by atoms with Crippen molar-refractivity contribution in [2.24, 2.45) is 7.05 Å². The fourth-order valence-electron chi connectivity index (χ4n) is 1.34. The third kappa shape index (κ3) is 3.74. The Morgan fingerprint density at radius 2 is 2.06 bits per heavy atom. The number of rotatable bonds is 4. The van der Waals surface area contributed by atoms with Gasteiger partial charge in [0.05, 0.1) is 11.9 Å². The molecule has 7 nitrogen and oxygen atoms in total. The first-order chi connectivity index (χ1) is 7.70. The number of carbonyl (C=O) groups excluding carboxylic acids is 1. The molecule has 1 rings (SSSR count). The van der Waals surface area contributed by atoms with E-state index >= 15 is 0 Å². The van der Waals surface area contributed by atoms with Crippen LogP contribution >= 0.6 is 0 Å². The van der Waals surface area contributed by atoms with Crippen molar-refractivity contribution in [2.75, 3.05) is 12.9 Å². The van der Waals surface area contributed by atoms with Crippen LogP contribution in [0.1, 0.15) is 11.4 Å². The van der Waals surface area contributed by atoms with Gasteiger partial charge in [0.25, 0.3) is 5.91 Å². The zero-order chi connectivity index (χ0) is 13.2. The monoisotopic (exact) mass is 261 g/mol. The molecule has 0 aliphatic carbocycles. The van der Waals surface area contributed by atoms with Crippen LogP contribution in [0.4, 0.5) is 0 Å². The Labute approximate surface area is 99.8 Å². The SMILES string of the molecule is Cc1nn(C)c(C)c1OCC(=O)NS(C)(=O)=O. The van der Waals surface area contributed by atoms with Gasteiger partial charge in [-0.25, -0.2) is 8.42 Å². The molecule has 0 aromatic carbocycles. The van der Waals surface area contributed by atoms with Crippen LogP contribution in [0.25, 0.3) is 0 Å². The molecule has 0 atom stereocenters. The average molecular weight is 261 g/mol. The number of aryl methyl sites for hydroxylation is 2. The fraction of sp³-hybridized carbons (Fsp3) is 0.556. The van der Waals surface area contributed by atoms with Gasteiger partial charge in [-0.2, -0.15) is 5.10 Å². The van der Waals surface area contributed by atoms with Crippen molar-refractivity contribution in [1.29, 1.82) is 0 Å². The molecule has 1 aromatic rings. The van der Waals surface area contributed by atoms with E-state index in [-0.39, 0.29) is 6.61 Å². The summed E-state index contributed by atoms with van der Waals surface area (Å²) >= 11 is 0. The normalized spacial score (nSPS) is 11.3. The van der Waals surface area contributed by atoms with Crippen molar-refractivity contribution < 1.29 is 17.9 Å². The lowest BCUT2D eigenvalue weighted by Crippen LogP contribution is -2.33. The molecule has 1 N–H and O–H groups in total. The number of hydrogen-bond donors (Lipinski definition) is 1. The van der Waals surface area contributed by atoms with Gasteiger partial charge in [0.15, 0.2) is 12.4 Å². The highest BCUT2D eigenvalue weighted by molar-refractivity contribution is 7.89. The van der Waals surface area contributed by atoms with Gasteiger partial charge >= 0.3 is 0 Å². The first-order valence-corrected chi connectivity index (χ1v) is 6.73. The van der Waals surface area contributed by atoms with E-state index in [1.807, 2.05) is 4.72 Å². The summed E-state index contributed by atoms with van der Waals surface area (Å²) in [6, 6.07) is 0. The van der Waals surface area contributed by atoms with Crippen LogP contribution in [0.3, 0.4) is 0 Å². The van der Waals surface area contributed by atoms with Crippen LogP contribution in [0.2, 0.25) is 0 Å². The molecule has 1 heterocycles. The Hall–Kier alpha value is -1.57. The third-order valence-corrected chi connectivity index (χ3v) is 2.69. The second-order valence-electron chi connectivity index (χ2n) is 3.71. The van der Waals surface area contributed by atoms with Crippen LogP contribution in [-0.2, 0) is 21.9 Å². The Bertz CT molecular complexity index is 533. The minimum absolute atomic E-state index is 0.361. The highest BCUT2D eigenvalue weighted by Gasteiger charge is 2.14. The van der Waals surface area contributed by atoms with Gasteiger partial charge in [-0.3, -0.25) is 14.2 Å². The molecule has 0 spiro atoms. The highest BCUT2D eigenvalue weighted by atomic mass is 32.2. The first kappa shape index (κ1) is 13.5. The smallest absolute Gasteiger partial charge is 0.271 e. The van der Waals surface area contributed by atoms with Crippen LogP contribution in [0, 0.1) is 13.8 Å². The van der Waals surface area contributed by atoms with Gasteiger partial charge in [0, 0.05) is 7.05 Å². The van der Waals surface area contributed by atoms with Crippen LogP contribution in [0.5, 0.6) is 5.75 Å². The molecule has 0 bridgehead atoms. The van der Waals surface area contributed by atoms with Crippen LogP contribution in [0.15, 0.2) is 0 Å². The molecule has 8 heteroatoms. The molecular formula is C9H15N3O4S.